The Morgan fingerprint density at radius 3 is 2.37 bits per heavy atom. The van der Waals surface area contributed by atoms with Gasteiger partial charge in [0.05, 0.1) is 23.5 Å². The summed E-state index contributed by atoms with van der Waals surface area (Å²) in [6.45, 7) is 2.95. The third-order valence-electron chi connectivity index (χ3n) is 5.01. The van der Waals surface area contributed by atoms with Crippen LogP contribution in [0.4, 0.5) is 23.2 Å². The number of halogens is 4. The van der Waals surface area contributed by atoms with Crippen molar-refractivity contribution in [3.63, 3.8) is 0 Å². The molecule has 2 heterocycles. The Hall–Kier alpha value is -3.14. The number of anilines is 1. The lowest BCUT2D eigenvalue weighted by Crippen LogP contribution is -2.43. The summed E-state index contributed by atoms with van der Waals surface area (Å²) in [5, 5.41) is 7.21. The predicted molar refractivity (Wildman–Crippen MR) is 103 cm³/mol. The fraction of sp³-hybridized carbons (Fsp3) is 0.300. The molecule has 1 aliphatic rings. The molecule has 0 bridgehead atoms. The van der Waals surface area contributed by atoms with Gasteiger partial charge in [0.25, 0.3) is 0 Å². The van der Waals surface area contributed by atoms with Gasteiger partial charge in [-0.2, -0.15) is 18.3 Å². The Morgan fingerprint density at radius 2 is 1.73 bits per heavy atom. The first-order valence-corrected chi connectivity index (χ1v) is 9.39. The fourth-order valence-electron chi connectivity index (χ4n) is 3.40. The van der Waals surface area contributed by atoms with Gasteiger partial charge < -0.3 is 10.2 Å². The summed E-state index contributed by atoms with van der Waals surface area (Å²) in [6.07, 6.45) is -3.15. The number of alkyl halides is 3. The van der Waals surface area contributed by atoms with Crippen molar-refractivity contribution in [1.29, 1.82) is 0 Å². The maximum absolute atomic E-state index is 14.6. The highest BCUT2D eigenvalue weighted by Gasteiger charge is 2.30. The molecule has 1 N–H and O–H groups in total. The highest BCUT2D eigenvalue weighted by Crippen LogP contribution is 2.29. The molecule has 4 rings (SSSR count). The third-order valence-corrected chi connectivity index (χ3v) is 5.01. The van der Waals surface area contributed by atoms with E-state index < -0.39 is 23.2 Å². The molecule has 1 saturated heterocycles. The quantitative estimate of drug-likeness (QED) is 0.659. The van der Waals surface area contributed by atoms with E-state index in [1.54, 1.807) is 12.1 Å². The second-order valence-corrected chi connectivity index (χ2v) is 7.01. The molecule has 0 saturated carbocycles. The number of rotatable bonds is 4. The van der Waals surface area contributed by atoms with Crippen LogP contribution in [0.1, 0.15) is 11.1 Å². The van der Waals surface area contributed by atoms with Crippen molar-refractivity contribution in [2.24, 2.45) is 0 Å². The number of hydrogen-bond donors (Lipinski definition) is 1. The molecular weight excluding hydrogens is 402 g/mol. The largest absolute Gasteiger partial charge is 0.416 e. The van der Waals surface area contributed by atoms with Crippen molar-refractivity contribution < 1.29 is 17.6 Å². The normalized spacial score (nSPS) is 14.9. The zero-order valence-corrected chi connectivity index (χ0v) is 15.9. The van der Waals surface area contributed by atoms with Gasteiger partial charge in [-0.1, -0.05) is 12.1 Å². The molecule has 158 valence electrons. The van der Waals surface area contributed by atoms with Crippen molar-refractivity contribution in [3.05, 3.63) is 76.2 Å². The van der Waals surface area contributed by atoms with Crippen LogP contribution in [0.2, 0.25) is 0 Å². The van der Waals surface area contributed by atoms with Gasteiger partial charge in [0.2, 0.25) is 0 Å². The summed E-state index contributed by atoms with van der Waals surface area (Å²) in [7, 11) is 0. The first-order valence-electron chi connectivity index (χ1n) is 9.39. The third kappa shape index (κ3) is 4.09. The van der Waals surface area contributed by atoms with Crippen molar-refractivity contribution >= 4 is 5.69 Å². The molecule has 1 aromatic heterocycles. The maximum atomic E-state index is 14.6. The standard InChI is InChI=1S/C20H19F4N5O/c21-17-11-16(5-6-18(17)27-9-7-25-8-10-27)28-13-26-29(19(28)30)12-14-1-3-15(4-2-14)20(22,23)24/h1-6,11,13,25H,7-10,12H2. The Balaban J connectivity index is 1.54. The molecule has 6 nitrogen and oxygen atoms in total. The second kappa shape index (κ2) is 7.94. The zero-order valence-electron chi connectivity index (χ0n) is 15.9. The Kier molecular flexibility index (Phi) is 5.33. The van der Waals surface area contributed by atoms with E-state index >= 15 is 0 Å². The van der Waals surface area contributed by atoms with Crippen LogP contribution in [0, 0.1) is 5.82 Å². The van der Waals surface area contributed by atoms with Gasteiger partial charge in [0.15, 0.2) is 0 Å². The van der Waals surface area contributed by atoms with Crippen molar-refractivity contribution in [3.8, 4) is 5.69 Å². The van der Waals surface area contributed by atoms with E-state index in [0.717, 1.165) is 29.9 Å². The summed E-state index contributed by atoms with van der Waals surface area (Å²) in [5.41, 5.74) is 0.0319. The van der Waals surface area contributed by atoms with Crippen molar-refractivity contribution in [2.75, 3.05) is 31.1 Å². The van der Waals surface area contributed by atoms with E-state index in [9.17, 15) is 22.4 Å². The molecule has 0 spiro atoms. The van der Waals surface area contributed by atoms with Gasteiger partial charge in [-0.3, -0.25) is 0 Å². The van der Waals surface area contributed by atoms with E-state index in [2.05, 4.69) is 10.4 Å². The van der Waals surface area contributed by atoms with Crippen molar-refractivity contribution in [1.82, 2.24) is 19.7 Å². The number of aromatic nitrogens is 3. The van der Waals surface area contributed by atoms with Gasteiger partial charge >= 0.3 is 11.9 Å². The molecule has 0 amide bonds. The number of benzene rings is 2. The van der Waals surface area contributed by atoms with Gasteiger partial charge in [-0.15, -0.1) is 0 Å². The Labute approximate surface area is 169 Å². The van der Waals surface area contributed by atoms with Crippen LogP contribution < -0.4 is 15.9 Å². The molecule has 0 aliphatic carbocycles. The Morgan fingerprint density at radius 1 is 1.03 bits per heavy atom. The molecule has 10 heteroatoms. The van der Waals surface area contributed by atoms with Crippen molar-refractivity contribution in [2.45, 2.75) is 12.7 Å². The lowest BCUT2D eigenvalue weighted by atomic mass is 10.1. The van der Waals surface area contributed by atoms with E-state index in [1.165, 1.54) is 29.1 Å². The number of nitrogens with zero attached hydrogens (tertiary/aromatic N) is 4. The molecule has 0 radical (unpaired) electrons. The summed E-state index contributed by atoms with van der Waals surface area (Å²) in [5.74, 6) is -0.434. The summed E-state index contributed by atoms with van der Waals surface area (Å²) in [4.78, 5) is 14.6. The summed E-state index contributed by atoms with van der Waals surface area (Å²) < 4.78 is 55.0. The smallest absolute Gasteiger partial charge is 0.367 e. The van der Waals surface area contributed by atoms with Gasteiger partial charge in [-0.05, 0) is 29.8 Å². The maximum Gasteiger partial charge on any atom is 0.416 e. The molecule has 3 aromatic rings. The van der Waals surface area contributed by atoms with E-state index in [-0.39, 0.29) is 6.54 Å². The van der Waals surface area contributed by atoms with E-state index in [1.807, 2.05) is 4.90 Å². The molecule has 1 aliphatic heterocycles. The fourth-order valence-corrected chi connectivity index (χ4v) is 3.40. The van der Waals surface area contributed by atoms with E-state index in [4.69, 9.17) is 0 Å². The summed E-state index contributed by atoms with van der Waals surface area (Å²) >= 11 is 0. The van der Waals surface area contributed by atoms with Gasteiger partial charge in [0.1, 0.15) is 12.1 Å². The zero-order chi connectivity index (χ0) is 21.3. The summed E-state index contributed by atoms with van der Waals surface area (Å²) in [6, 6.07) is 9.08. The van der Waals surface area contributed by atoms with E-state index in [0.29, 0.717) is 30.0 Å². The van der Waals surface area contributed by atoms with Crippen LogP contribution >= 0.6 is 0 Å². The minimum absolute atomic E-state index is 0.00527. The lowest BCUT2D eigenvalue weighted by molar-refractivity contribution is -0.137. The van der Waals surface area contributed by atoms with Gasteiger partial charge in [0, 0.05) is 32.2 Å². The Bertz CT molecular complexity index is 1080. The number of piperazine rings is 1. The minimum Gasteiger partial charge on any atom is -0.367 e. The molecule has 30 heavy (non-hydrogen) atoms. The highest BCUT2D eigenvalue weighted by molar-refractivity contribution is 5.52. The lowest BCUT2D eigenvalue weighted by Gasteiger charge is -2.29. The van der Waals surface area contributed by atoms with Crippen LogP contribution in [0.5, 0.6) is 0 Å². The van der Waals surface area contributed by atoms with Gasteiger partial charge in [-0.25, -0.2) is 18.4 Å². The average molecular weight is 421 g/mol. The topological polar surface area (TPSA) is 55.1 Å². The molecule has 0 atom stereocenters. The highest BCUT2D eigenvalue weighted by atomic mass is 19.4. The molecule has 1 fully saturated rings. The first-order chi connectivity index (χ1) is 14.3. The van der Waals surface area contributed by atoms with Crippen LogP contribution in [0.25, 0.3) is 5.69 Å². The van der Waals surface area contributed by atoms with Crippen LogP contribution in [0.15, 0.2) is 53.6 Å². The predicted octanol–water partition coefficient (Wildman–Crippen LogP) is 2.65. The SMILES string of the molecule is O=c1n(-c2ccc(N3CCNCC3)c(F)c2)cnn1Cc1ccc(C(F)(F)F)cc1. The molecule has 0 unspecified atom stereocenters. The van der Waals surface area contributed by atoms with Crippen LogP contribution in [-0.2, 0) is 12.7 Å². The number of hydrogen-bond acceptors (Lipinski definition) is 4. The average Bonchev–Trinajstić information content (AvgIpc) is 3.08. The molecular formula is C20H19F4N5O. The van der Waals surface area contributed by atoms with Crippen LogP contribution in [-0.4, -0.2) is 40.5 Å². The molecule has 2 aromatic carbocycles. The second-order valence-electron chi connectivity index (χ2n) is 7.01. The number of nitrogens with one attached hydrogen (secondary N) is 1. The van der Waals surface area contributed by atoms with Crippen LogP contribution in [0.3, 0.4) is 0 Å². The minimum atomic E-state index is -4.42. The monoisotopic (exact) mass is 421 g/mol. The first kappa shape index (κ1) is 20.1.